The number of carbonyl (C=O) groups excluding carboxylic acids is 2. The van der Waals surface area contributed by atoms with Crippen molar-refractivity contribution in [1.82, 2.24) is 0 Å². The second kappa shape index (κ2) is 6.20. The molecule has 0 radical (unpaired) electrons. The highest BCUT2D eigenvalue weighted by Crippen LogP contribution is 2.27. The van der Waals surface area contributed by atoms with Gasteiger partial charge in [-0.1, -0.05) is 24.3 Å². The summed E-state index contributed by atoms with van der Waals surface area (Å²) in [7, 11) is 0. The standard InChI is InChI=1S/C19H18N2O3/c1-11-7-8-14-13(10-24-18(14)12(11)2)9-17(22)21-16-6-4-3-5-15(16)19(20)23/h3-8,10H,9H2,1-2H3,(H2,20,23)(H,21,22). The fourth-order valence-corrected chi connectivity index (χ4v) is 2.70. The molecular weight excluding hydrogens is 304 g/mol. The van der Waals surface area contributed by atoms with Crippen molar-refractivity contribution >= 4 is 28.5 Å². The van der Waals surface area contributed by atoms with E-state index in [9.17, 15) is 9.59 Å². The van der Waals surface area contributed by atoms with Gasteiger partial charge < -0.3 is 15.5 Å². The number of primary amides is 1. The van der Waals surface area contributed by atoms with Crippen molar-refractivity contribution in [1.29, 1.82) is 0 Å². The number of para-hydroxylation sites is 1. The van der Waals surface area contributed by atoms with Gasteiger partial charge in [0.15, 0.2) is 0 Å². The SMILES string of the molecule is Cc1ccc2c(CC(=O)Nc3ccccc3C(N)=O)coc2c1C. The smallest absolute Gasteiger partial charge is 0.250 e. The number of fused-ring (bicyclic) bond motifs is 1. The molecule has 3 N–H and O–H groups in total. The molecule has 0 unspecified atom stereocenters. The lowest BCUT2D eigenvalue weighted by atomic mass is 10.0. The van der Waals surface area contributed by atoms with Crippen LogP contribution in [0, 0.1) is 13.8 Å². The minimum Gasteiger partial charge on any atom is -0.464 e. The summed E-state index contributed by atoms with van der Waals surface area (Å²) in [4.78, 5) is 23.8. The third-order valence-electron chi connectivity index (χ3n) is 4.16. The van der Waals surface area contributed by atoms with E-state index in [1.807, 2.05) is 26.0 Å². The summed E-state index contributed by atoms with van der Waals surface area (Å²) < 4.78 is 5.62. The molecular formula is C19H18N2O3. The molecule has 1 heterocycles. The highest BCUT2D eigenvalue weighted by Gasteiger charge is 2.15. The molecule has 0 aliphatic carbocycles. The Labute approximate surface area is 139 Å². The molecule has 1 aromatic heterocycles. The van der Waals surface area contributed by atoms with Crippen LogP contribution in [0.4, 0.5) is 5.69 Å². The Bertz CT molecular complexity index is 941. The van der Waals surface area contributed by atoms with E-state index in [2.05, 4.69) is 5.32 Å². The number of hydrogen-bond donors (Lipinski definition) is 2. The van der Waals surface area contributed by atoms with Gasteiger partial charge in [-0.25, -0.2) is 0 Å². The van der Waals surface area contributed by atoms with Crippen molar-refractivity contribution in [2.45, 2.75) is 20.3 Å². The third-order valence-corrected chi connectivity index (χ3v) is 4.16. The van der Waals surface area contributed by atoms with E-state index < -0.39 is 5.91 Å². The van der Waals surface area contributed by atoms with E-state index >= 15 is 0 Å². The number of rotatable bonds is 4. The number of hydrogen-bond acceptors (Lipinski definition) is 3. The Balaban J connectivity index is 1.84. The molecule has 0 saturated carbocycles. The van der Waals surface area contributed by atoms with Crippen LogP contribution in [-0.2, 0) is 11.2 Å². The maximum absolute atomic E-state index is 12.3. The van der Waals surface area contributed by atoms with Gasteiger partial charge in [0.1, 0.15) is 5.58 Å². The summed E-state index contributed by atoms with van der Waals surface area (Å²) in [6.45, 7) is 4.01. The molecule has 0 aliphatic heterocycles. The maximum atomic E-state index is 12.3. The van der Waals surface area contributed by atoms with E-state index in [0.29, 0.717) is 5.69 Å². The fraction of sp³-hybridized carbons (Fsp3) is 0.158. The Hall–Kier alpha value is -3.08. The van der Waals surface area contributed by atoms with Crippen molar-refractivity contribution in [3.63, 3.8) is 0 Å². The second-order valence-electron chi connectivity index (χ2n) is 5.78. The Morgan fingerprint density at radius 1 is 1.12 bits per heavy atom. The van der Waals surface area contributed by atoms with Gasteiger partial charge in [-0.05, 0) is 37.1 Å². The van der Waals surface area contributed by atoms with Crippen LogP contribution in [0.15, 0.2) is 47.1 Å². The van der Waals surface area contributed by atoms with Crippen molar-refractivity contribution in [2.24, 2.45) is 5.73 Å². The zero-order chi connectivity index (χ0) is 17.3. The summed E-state index contributed by atoms with van der Waals surface area (Å²) in [5.74, 6) is -0.810. The zero-order valence-corrected chi connectivity index (χ0v) is 13.6. The van der Waals surface area contributed by atoms with Crippen LogP contribution < -0.4 is 11.1 Å². The molecule has 3 aromatic rings. The minimum absolute atomic E-state index is 0.155. The Kier molecular flexibility index (Phi) is 4.08. The molecule has 24 heavy (non-hydrogen) atoms. The van der Waals surface area contributed by atoms with Crippen molar-refractivity contribution in [3.8, 4) is 0 Å². The number of benzene rings is 2. The minimum atomic E-state index is -0.578. The number of amides is 2. The molecule has 5 nitrogen and oxygen atoms in total. The molecule has 0 aliphatic rings. The van der Waals surface area contributed by atoms with Crippen LogP contribution in [0.25, 0.3) is 11.0 Å². The molecule has 0 spiro atoms. The number of nitrogens with two attached hydrogens (primary N) is 1. The van der Waals surface area contributed by atoms with E-state index in [4.69, 9.17) is 10.2 Å². The van der Waals surface area contributed by atoms with Crippen molar-refractivity contribution in [2.75, 3.05) is 5.32 Å². The maximum Gasteiger partial charge on any atom is 0.250 e. The number of anilines is 1. The average Bonchev–Trinajstić information content (AvgIpc) is 2.94. The van der Waals surface area contributed by atoms with E-state index in [1.54, 1.807) is 30.5 Å². The topological polar surface area (TPSA) is 85.3 Å². The number of furan rings is 1. The van der Waals surface area contributed by atoms with Crippen LogP contribution in [0.3, 0.4) is 0 Å². The number of nitrogens with one attached hydrogen (secondary N) is 1. The summed E-state index contributed by atoms with van der Waals surface area (Å²) in [6, 6.07) is 10.6. The average molecular weight is 322 g/mol. The third kappa shape index (κ3) is 2.88. The first-order chi connectivity index (χ1) is 11.5. The van der Waals surface area contributed by atoms with Crippen LogP contribution in [0.5, 0.6) is 0 Å². The molecule has 2 amide bonds. The van der Waals surface area contributed by atoms with Gasteiger partial charge >= 0.3 is 0 Å². The lowest BCUT2D eigenvalue weighted by Gasteiger charge is -2.08. The molecule has 122 valence electrons. The lowest BCUT2D eigenvalue weighted by molar-refractivity contribution is -0.115. The fourth-order valence-electron chi connectivity index (χ4n) is 2.70. The molecule has 3 rings (SSSR count). The van der Waals surface area contributed by atoms with E-state index in [0.717, 1.165) is 27.7 Å². The number of aryl methyl sites for hydroxylation is 2. The highest BCUT2D eigenvalue weighted by molar-refractivity contribution is 6.04. The van der Waals surface area contributed by atoms with Crippen LogP contribution in [0.2, 0.25) is 0 Å². The molecule has 5 heteroatoms. The van der Waals surface area contributed by atoms with E-state index in [1.165, 1.54) is 0 Å². The quantitative estimate of drug-likeness (QED) is 0.772. The van der Waals surface area contributed by atoms with Gasteiger partial charge in [0, 0.05) is 10.9 Å². The molecule has 0 saturated heterocycles. The van der Waals surface area contributed by atoms with Gasteiger partial charge in [0.05, 0.1) is 23.9 Å². The van der Waals surface area contributed by atoms with Gasteiger partial charge in [-0.2, -0.15) is 0 Å². The van der Waals surface area contributed by atoms with Gasteiger partial charge in [0.25, 0.3) is 5.91 Å². The van der Waals surface area contributed by atoms with Gasteiger partial charge in [-0.15, -0.1) is 0 Å². The largest absolute Gasteiger partial charge is 0.464 e. The molecule has 0 atom stereocenters. The van der Waals surface area contributed by atoms with Crippen molar-refractivity contribution < 1.29 is 14.0 Å². The first kappa shape index (κ1) is 15.8. The highest BCUT2D eigenvalue weighted by atomic mass is 16.3. The first-order valence-corrected chi connectivity index (χ1v) is 7.62. The first-order valence-electron chi connectivity index (χ1n) is 7.62. The monoisotopic (exact) mass is 322 g/mol. The normalized spacial score (nSPS) is 10.8. The number of carbonyl (C=O) groups is 2. The van der Waals surface area contributed by atoms with Crippen LogP contribution in [-0.4, -0.2) is 11.8 Å². The summed E-state index contributed by atoms with van der Waals surface area (Å²) in [5, 5.41) is 3.67. The Morgan fingerprint density at radius 3 is 2.62 bits per heavy atom. The van der Waals surface area contributed by atoms with E-state index in [-0.39, 0.29) is 17.9 Å². The van der Waals surface area contributed by atoms with Crippen LogP contribution >= 0.6 is 0 Å². The molecule has 0 fully saturated rings. The van der Waals surface area contributed by atoms with Crippen LogP contribution in [0.1, 0.15) is 27.0 Å². The lowest BCUT2D eigenvalue weighted by Crippen LogP contribution is -2.19. The van der Waals surface area contributed by atoms with Gasteiger partial charge in [-0.3, -0.25) is 9.59 Å². The van der Waals surface area contributed by atoms with Gasteiger partial charge in [0.2, 0.25) is 5.91 Å². The predicted octanol–water partition coefficient (Wildman–Crippen LogP) is 3.33. The molecule has 2 aromatic carbocycles. The summed E-state index contributed by atoms with van der Waals surface area (Å²) in [6.07, 6.45) is 1.76. The molecule has 0 bridgehead atoms. The second-order valence-corrected chi connectivity index (χ2v) is 5.78. The summed E-state index contributed by atoms with van der Waals surface area (Å²) in [5.41, 5.74) is 9.84. The summed E-state index contributed by atoms with van der Waals surface area (Å²) >= 11 is 0. The zero-order valence-electron chi connectivity index (χ0n) is 13.6. The van der Waals surface area contributed by atoms with Crippen molar-refractivity contribution in [3.05, 3.63) is 64.9 Å². The Morgan fingerprint density at radius 2 is 1.88 bits per heavy atom. The predicted molar refractivity (Wildman–Crippen MR) is 93.0 cm³/mol.